The summed E-state index contributed by atoms with van der Waals surface area (Å²) in [5, 5.41) is 0. The van der Waals surface area contributed by atoms with Crippen LogP contribution in [0.4, 0.5) is 0 Å². The van der Waals surface area contributed by atoms with Gasteiger partial charge in [0.1, 0.15) is 5.82 Å². The molecular weight excluding hydrogens is 352 g/mol. The molecule has 1 amide bonds. The van der Waals surface area contributed by atoms with Crippen molar-refractivity contribution < 1.29 is 9.53 Å². The zero-order valence-corrected chi connectivity index (χ0v) is 16.4. The fraction of sp³-hybridized carbons (Fsp3) is 0.545. The maximum absolute atomic E-state index is 13.0. The monoisotopic (exact) mass is 380 g/mol. The normalized spacial score (nSPS) is 29.5. The second-order valence-electron chi connectivity index (χ2n) is 8.25. The molecule has 3 atom stereocenters. The van der Waals surface area contributed by atoms with Crippen LogP contribution in [0.1, 0.15) is 55.7 Å². The molecule has 5 rings (SSSR count). The largest absolute Gasteiger partial charge is 0.351 e. The Morgan fingerprint density at radius 2 is 2.18 bits per heavy atom. The lowest BCUT2D eigenvalue weighted by Gasteiger charge is -2.33. The number of carbonyl (C=O) groups excluding carboxylic acids is 1. The molecule has 4 heterocycles. The number of aromatic amines is 1. The number of H-pyrrole nitrogens is 1. The Hall–Kier alpha value is -2.18. The van der Waals surface area contributed by atoms with Crippen molar-refractivity contribution in [3.8, 4) is 0 Å². The van der Waals surface area contributed by atoms with Crippen LogP contribution in [0, 0.1) is 0 Å². The number of hydrogen-bond donors (Lipinski definition) is 1. The minimum atomic E-state index is -0.456. The molecule has 0 radical (unpaired) electrons. The SMILES string of the molecule is CCCCc1ncc(CN2CC[C@@]34OC[C@@H](c5ccccc5)N3C(=O)C[C@@H]24)[nH]1. The van der Waals surface area contributed by atoms with Crippen LogP contribution in [-0.2, 0) is 22.5 Å². The van der Waals surface area contributed by atoms with Gasteiger partial charge in [-0.1, -0.05) is 43.7 Å². The Kier molecular flexibility index (Phi) is 4.48. The van der Waals surface area contributed by atoms with Gasteiger partial charge in [-0.25, -0.2) is 4.98 Å². The van der Waals surface area contributed by atoms with Gasteiger partial charge in [0.25, 0.3) is 0 Å². The number of rotatable bonds is 6. The number of amides is 1. The summed E-state index contributed by atoms with van der Waals surface area (Å²) in [4.78, 5) is 25.4. The van der Waals surface area contributed by atoms with Crippen LogP contribution >= 0.6 is 0 Å². The lowest BCUT2D eigenvalue weighted by Crippen LogP contribution is -2.48. The van der Waals surface area contributed by atoms with E-state index in [4.69, 9.17) is 4.74 Å². The number of ether oxygens (including phenoxy) is 1. The van der Waals surface area contributed by atoms with Crippen LogP contribution < -0.4 is 0 Å². The highest BCUT2D eigenvalue weighted by atomic mass is 16.5. The van der Waals surface area contributed by atoms with Gasteiger partial charge in [0.2, 0.25) is 5.91 Å². The molecule has 3 aliphatic rings. The van der Waals surface area contributed by atoms with Crippen molar-refractivity contribution in [2.45, 2.75) is 63.4 Å². The minimum absolute atomic E-state index is 0.0338. The topological polar surface area (TPSA) is 61.5 Å². The van der Waals surface area contributed by atoms with Gasteiger partial charge < -0.3 is 14.6 Å². The zero-order valence-electron chi connectivity index (χ0n) is 16.4. The number of likely N-dealkylation sites (tertiary alicyclic amines) is 1. The Labute approximate surface area is 165 Å². The summed E-state index contributed by atoms with van der Waals surface area (Å²) in [5.74, 6) is 1.28. The van der Waals surface area contributed by atoms with Gasteiger partial charge in [-0.05, 0) is 12.0 Å². The predicted octanol–water partition coefficient (Wildman–Crippen LogP) is 3.03. The third-order valence-corrected chi connectivity index (χ3v) is 6.57. The first-order valence-electron chi connectivity index (χ1n) is 10.5. The Morgan fingerprint density at radius 3 is 3.00 bits per heavy atom. The summed E-state index contributed by atoms with van der Waals surface area (Å²) in [5.41, 5.74) is 1.84. The molecule has 1 spiro atoms. The Balaban J connectivity index is 1.34. The van der Waals surface area contributed by atoms with Gasteiger partial charge >= 0.3 is 0 Å². The first-order chi connectivity index (χ1) is 13.7. The van der Waals surface area contributed by atoms with Crippen molar-refractivity contribution in [2.24, 2.45) is 0 Å². The molecule has 3 saturated heterocycles. The fourth-order valence-corrected chi connectivity index (χ4v) is 5.22. The van der Waals surface area contributed by atoms with E-state index in [1.807, 2.05) is 29.3 Å². The molecule has 0 saturated carbocycles. The number of aromatic nitrogens is 2. The molecule has 0 aliphatic carbocycles. The van der Waals surface area contributed by atoms with Crippen molar-refractivity contribution in [2.75, 3.05) is 13.2 Å². The first-order valence-corrected chi connectivity index (χ1v) is 10.5. The van der Waals surface area contributed by atoms with E-state index in [0.717, 1.165) is 43.9 Å². The number of nitrogens with zero attached hydrogens (tertiary/aromatic N) is 3. The molecule has 148 valence electrons. The van der Waals surface area contributed by atoms with Crippen molar-refractivity contribution in [1.29, 1.82) is 0 Å². The van der Waals surface area contributed by atoms with Crippen LogP contribution in [-0.4, -0.2) is 50.6 Å². The van der Waals surface area contributed by atoms with Gasteiger partial charge in [-0.3, -0.25) is 9.69 Å². The van der Waals surface area contributed by atoms with Gasteiger partial charge in [-0.2, -0.15) is 0 Å². The lowest BCUT2D eigenvalue weighted by atomic mass is 10.0. The van der Waals surface area contributed by atoms with E-state index in [0.29, 0.717) is 13.0 Å². The molecule has 6 heteroatoms. The standard InChI is InChI=1S/C22H28N4O2/c1-2-3-9-20-23-13-17(24-20)14-25-11-10-22-19(25)12-21(27)26(22)18(15-28-22)16-7-5-4-6-8-16/h4-8,13,18-19H,2-3,9-12,14-15H2,1H3,(H,23,24)/t18-,19+,22-/m0/s1. The molecule has 1 aromatic carbocycles. The fourth-order valence-electron chi connectivity index (χ4n) is 5.22. The molecule has 0 bridgehead atoms. The summed E-state index contributed by atoms with van der Waals surface area (Å²) >= 11 is 0. The van der Waals surface area contributed by atoms with Gasteiger partial charge in [0.05, 0.1) is 18.7 Å². The highest BCUT2D eigenvalue weighted by Crippen LogP contribution is 2.51. The number of hydrogen-bond acceptors (Lipinski definition) is 4. The summed E-state index contributed by atoms with van der Waals surface area (Å²) in [6.07, 6.45) is 6.69. The molecule has 6 nitrogen and oxygen atoms in total. The molecule has 3 fully saturated rings. The van der Waals surface area contributed by atoms with Crippen LogP contribution in [0.3, 0.4) is 0 Å². The summed E-state index contributed by atoms with van der Waals surface area (Å²) in [6, 6.07) is 10.4. The zero-order chi connectivity index (χ0) is 19.1. The molecular formula is C22H28N4O2. The maximum atomic E-state index is 13.0. The molecule has 3 aliphatic heterocycles. The average molecular weight is 380 g/mol. The summed E-state index contributed by atoms with van der Waals surface area (Å²) < 4.78 is 6.39. The highest BCUT2D eigenvalue weighted by molar-refractivity contribution is 5.82. The van der Waals surface area contributed by atoms with Crippen LogP contribution in [0.5, 0.6) is 0 Å². The van der Waals surface area contributed by atoms with E-state index in [9.17, 15) is 4.79 Å². The van der Waals surface area contributed by atoms with Gasteiger partial charge in [0, 0.05) is 44.2 Å². The summed E-state index contributed by atoms with van der Waals surface area (Å²) in [7, 11) is 0. The molecule has 28 heavy (non-hydrogen) atoms. The Bertz CT molecular complexity index is 851. The number of unbranched alkanes of at least 4 members (excludes halogenated alkanes) is 1. The van der Waals surface area contributed by atoms with Crippen molar-refractivity contribution in [1.82, 2.24) is 19.8 Å². The number of nitrogens with one attached hydrogen (secondary N) is 1. The van der Waals surface area contributed by atoms with E-state index in [1.54, 1.807) is 0 Å². The van der Waals surface area contributed by atoms with E-state index in [2.05, 4.69) is 33.9 Å². The minimum Gasteiger partial charge on any atom is -0.351 e. The molecule has 1 N–H and O–H groups in total. The third kappa shape index (κ3) is 2.78. The second-order valence-corrected chi connectivity index (χ2v) is 8.25. The maximum Gasteiger partial charge on any atom is 0.227 e. The highest BCUT2D eigenvalue weighted by Gasteiger charge is 2.64. The molecule has 1 aromatic heterocycles. The quantitative estimate of drug-likeness (QED) is 0.837. The number of aryl methyl sites for hydroxylation is 1. The number of benzene rings is 1. The van der Waals surface area contributed by atoms with Crippen LogP contribution in [0.25, 0.3) is 0 Å². The van der Waals surface area contributed by atoms with E-state index in [-0.39, 0.29) is 18.0 Å². The first kappa shape index (κ1) is 17.9. The van der Waals surface area contributed by atoms with Gasteiger partial charge in [0.15, 0.2) is 5.72 Å². The lowest BCUT2D eigenvalue weighted by molar-refractivity contribution is -0.138. The van der Waals surface area contributed by atoms with Gasteiger partial charge in [-0.15, -0.1) is 0 Å². The van der Waals surface area contributed by atoms with E-state index < -0.39 is 5.72 Å². The van der Waals surface area contributed by atoms with E-state index >= 15 is 0 Å². The third-order valence-electron chi connectivity index (χ3n) is 6.57. The molecule has 0 unspecified atom stereocenters. The van der Waals surface area contributed by atoms with E-state index in [1.165, 1.54) is 12.0 Å². The number of imidazole rings is 1. The number of carbonyl (C=O) groups is 1. The van der Waals surface area contributed by atoms with Crippen LogP contribution in [0.15, 0.2) is 36.5 Å². The molecule has 2 aromatic rings. The van der Waals surface area contributed by atoms with Crippen molar-refractivity contribution >= 4 is 5.91 Å². The average Bonchev–Trinajstić information content (AvgIpc) is 3.45. The van der Waals surface area contributed by atoms with Crippen molar-refractivity contribution in [3.63, 3.8) is 0 Å². The Morgan fingerprint density at radius 1 is 1.32 bits per heavy atom. The summed E-state index contributed by atoms with van der Waals surface area (Å²) in [6.45, 7) is 4.53. The predicted molar refractivity (Wildman–Crippen MR) is 105 cm³/mol. The second kappa shape index (κ2) is 7.01. The van der Waals surface area contributed by atoms with Crippen LogP contribution in [0.2, 0.25) is 0 Å². The smallest absolute Gasteiger partial charge is 0.227 e. The van der Waals surface area contributed by atoms with Crippen molar-refractivity contribution in [3.05, 3.63) is 53.6 Å².